The van der Waals surface area contributed by atoms with Crippen LogP contribution in [-0.4, -0.2) is 98.3 Å². The Kier molecular flexibility index (Phi) is 11.0. The van der Waals surface area contributed by atoms with Crippen LogP contribution in [0, 0.1) is 0 Å². The Morgan fingerprint density at radius 3 is 2.33 bits per heavy atom. The molecule has 2 aromatic carbocycles. The summed E-state index contributed by atoms with van der Waals surface area (Å²) in [5.74, 6) is -0.193. The van der Waals surface area contributed by atoms with Crippen LogP contribution in [0.25, 0.3) is 0 Å². The van der Waals surface area contributed by atoms with Gasteiger partial charge in [-0.15, -0.1) is 0 Å². The van der Waals surface area contributed by atoms with Gasteiger partial charge in [0.25, 0.3) is 5.91 Å². The van der Waals surface area contributed by atoms with Crippen LogP contribution in [0.15, 0.2) is 48.5 Å². The molecule has 2 heterocycles. The zero-order chi connectivity index (χ0) is 31.0. The lowest BCUT2D eigenvalue weighted by Gasteiger charge is -2.32. The van der Waals surface area contributed by atoms with Crippen molar-refractivity contribution in [3.63, 3.8) is 0 Å². The molecule has 1 amide bonds. The molecular formula is C31H43N5O7. The van der Waals surface area contributed by atoms with E-state index < -0.39 is 23.7 Å². The van der Waals surface area contributed by atoms with Gasteiger partial charge in [-0.3, -0.25) is 29.9 Å². The Bertz CT molecular complexity index is 1220. The van der Waals surface area contributed by atoms with Gasteiger partial charge >= 0.3 is 11.9 Å². The summed E-state index contributed by atoms with van der Waals surface area (Å²) in [6.45, 7) is 7.98. The number of amides is 1. The van der Waals surface area contributed by atoms with E-state index in [2.05, 4.69) is 21.3 Å². The van der Waals surface area contributed by atoms with Crippen LogP contribution >= 0.6 is 0 Å². The number of esters is 2. The standard InChI is InChI=1S/C31H43N5O7/c1-31(2,3)43-27(38)18-32-28(39)21-7-5-20(6-8-21)22-16-33-30(34-17-22)35-23-9-11-25(12-10-23)42-14-13-36-19-24(37)15-26(36)29(40)41-4/h5-12,22,24,26,30,33-35,37H,13-19H2,1-4H3,(H,32,39)/t22?,24-,26+,30?/m1/s1. The fourth-order valence-corrected chi connectivity index (χ4v) is 5.14. The molecule has 0 unspecified atom stereocenters. The number of benzene rings is 2. The molecule has 2 aliphatic heterocycles. The molecule has 12 heteroatoms. The number of aliphatic hydroxyl groups is 1. The van der Waals surface area contributed by atoms with Crippen molar-refractivity contribution >= 4 is 23.5 Å². The number of ether oxygens (including phenoxy) is 3. The van der Waals surface area contributed by atoms with Crippen LogP contribution in [-0.2, 0) is 19.1 Å². The SMILES string of the molecule is COC(=O)[C@@H]1C[C@@H](O)CN1CCOc1ccc(NC2NCC(c3ccc(C(=O)NCC(=O)OC(C)(C)C)cc3)CN2)cc1. The summed E-state index contributed by atoms with van der Waals surface area (Å²) in [4.78, 5) is 38.1. The summed E-state index contributed by atoms with van der Waals surface area (Å²) in [6.07, 6.45) is -0.275. The maximum Gasteiger partial charge on any atom is 0.325 e. The van der Waals surface area contributed by atoms with Crippen LogP contribution in [0.1, 0.15) is 49.0 Å². The van der Waals surface area contributed by atoms with E-state index in [0.29, 0.717) is 37.4 Å². The van der Waals surface area contributed by atoms with E-state index in [-0.39, 0.29) is 30.6 Å². The van der Waals surface area contributed by atoms with Gasteiger partial charge in [0.05, 0.1) is 13.2 Å². The number of nitrogens with zero attached hydrogens (tertiary/aromatic N) is 1. The van der Waals surface area contributed by atoms with Crippen molar-refractivity contribution in [2.24, 2.45) is 0 Å². The van der Waals surface area contributed by atoms with Gasteiger partial charge in [0.1, 0.15) is 36.8 Å². The zero-order valence-electron chi connectivity index (χ0n) is 25.2. The van der Waals surface area contributed by atoms with Crippen molar-refractivity contribution in [3.05, 3.63) is 59.7 Å². The Morgan fingerprint density at radius 2 is 1.70 bits per heavy atom. The number of methoxy groups -OCH3 is 1. The lowest BCUT2D eigenvalue weighted by Crippen LogP contribution is -2.55. The number of β-amino-alcohol motifs (C(OH)–C–C–N with tert-alkyl or cyclic N) is 1. The van der Waals surface area contributed by atoms with Gasteiger partial charge in [0, 0.05) is 49.8 Å². The number of likely N-dealkylation sites (tertiary alicyclic amines) is 1. The van der Waals surface area contributed by atoms with Gasteiger partial charge in [-0.25, -0.2) is 0 Å². The Morgan fingerprint density at radius 1 is 1.02 bits per heavy atom. The molecule has 5 N–H and O–H groups in total. The first kappa shape index (κ1) is 32.2. The average Bonchev–Trinajstić information content (AvgIpc) is 3.36. The Labute approximate surface area is 252 Å². The van der Waals surface area contributed by atoms with Crippen molar-refractivity contribution in [2.45, 2.75) is 57.1 Å². The summed E-state index contributed by atoms with van der Waals surface area (Å²) < 4.78 is 15.9. The molecule has 234 valence electrons. The Hall–Kier alpha value is -3.71. The monoisotopic (exact) mass is 597 g/mol. The van der Waals surface area contributed by atoms with E-state index in [1.165, 1.54) is 7.11 Å². The van der Waals surface area contributed by atoms with Crippen molar-refractivity contribution in [2.75, 3.05) is 51.8 Å². The topological polar surface area (TPSA) is 150 Å². The van der Waals surface area contributed by atoms with Crippen LogP contribution in [0.3, 0.4) is 0 Å². The van der Waals surface area contributed by atoms with Crippen molar-refractivity contribution in [1.82, 2.24) is 20.9 Å². The normalized spacial score (nSPS) is 22.4. The second-order valence-corrected chi connectivity index (χ2v) is 11.8. The van der Waals surface area contributed by atoms with Crippen LogP contribution in [0.4, 0.5) is 5.69 Å². The lowest BCUT2D eigenvalue weighted by atomic mass is 9.96. The summed E-state index contributed by atoms with van der Waals surface area (Å²) in [6, 6.07) is 14.6. The van der Waals surface area contributed by atoms with Crippen LogP contribution in [0.5, 0.6) is 5.75 Å². The predicted octanol–water partition coefficient (Wildman–Crippen LogP) is 1.42. The largest absolute Gasteiger partial charge is 0.492 e. The van der Waals surface area contributed by atoms with Crippen molar-refractivity contribution in [1.29, 1.82) is 0 Å². The summed E-state index contributed by atoms with van der Waals surface area (Å²) in [5, 5.41) is 22.9. The molecule has 2 atom stereocenters. The first-order valence-corrected chi connectivity index (χ1v) is 14.6. The minimum absolute atomic E-state index is 0.113. The first-order chi connectivity index (χ1) is 20.5. The quantitative estimate of drug-likeness (QED) is 0.239. The van der Waals surface area contributed by atoms with Gasteiger partial charge in [0.15, 0.2) is 0 Å². The zero-order valence-corrected chi connectivity index (χ0v) is 25.2. The first-order valence-electron chi connectivity index (χ1n) is 14.6. The number of carbonyl (C=O) groups excluding carboxylic acids is 3. The molecule has 2 fully saturated rings. The highest BCUT2D eigenvalue weighted by atomic mass is 16.6. The molecular weight excluding hydrogens is 554 g/mol. The number of carbonyl (C=O) groups is 3. The molecule has 43 heavy (non-hydrogen) atoms. The average molecular weight is 598 g/mol. The number of hydrogen-bond acceptors (Lipinski definition) is 11. The molecule has 2 aromatic rings. The molecule has 2 saturated heterocycles. The lowest BCUT2D eigenvalue weighted by molar-refractivity contribution is -0.153. The molecule has 0 radical (unpaired) electrons. The van der Waals surface area contributed by atoms with Gasteiger partial charge in [-0.05, 0) is 62.7 Å². The Balaban J connectivity index is 1.16. The number of aliphatic hydroxyl groups excluding tert-OH is 1. The van der Waals surface area contributed by atoms with Crippen molar-refractivity contribution in [3.8, 4) is 5.75 Å². The molecule has 4 rings (SSSR count). The fraction of sp³-hybridized carbons (Fsp3) is 0.516. The highest BCUT2D eigenvalue weighted by molar-refractivity contribution is 5.96. The highest BCUT2D eigenvalue weighted by Crippen LogP contribution is 2.21. The van der Waals surface area contributed by atoms with E-state index in [0.717, 1.165) is 24.3 Å². The number of anilines is 1. The predicted molar refractivity (Wildman–Crippen MR) is 161 cm³/mol. The van der Waals surface area contributed by atoms with E-state index in [9.17, 15) is 19.5 Å². The maximum atomic E-state index is 12.4. The summed E-state index contributed by atoms with van der Waals surface area (Å²) >= 11 is 0. The van der Waals surface area contributed by atoms with Gasteiger partial charge < -0.3 is 30.0 Å². The number of nitrogens with one attached hydrogen (secondary N) is 4. The van der Waals surface area contributed by atoms with E-state index in [1.54, 1.807) is 32.9 Å². The second kappa shape index (κ2) is 14.6. The minimum Gasteiger partial charge on any atom is -0.492 e. The molecule has 0 aromatic heterocycles. The van der Waals surface area contributed by atoms with Gasteiger partial charge in [0.2, 0.25) is 0 Å². The van der Waals surface area contributed by atoms with Crippen molar-refractivity contribution < 1.29 is 33.7 Å². The van der Waals surface area contributed by atoms with Crippen LogP contribution < -0.4 is 26.0 Å². The number of hydrogen-bond donors (Lipinski definition) is 5. The van der Waals surface area contributed by atoms with E-state index >= 15 is 0 Å². The molecule has 12 nitrogen and oxygen atoms in total. The molecule has 0 saturated carbocycles. The van der Waals surface area contributed by atoms with Crippen LogP contribution in [0.2, 0.25) is 0 Å². The fourth-order valence-electron chi connectivity index (χ4n) is 5.14. The second-order valence-electron chi connectivity index (χ2n) is 11.8. The third kappa shape index (κ3) is 9.65. The third-order valence-electron chi connectivity index (χ3n) is 7.26. The van der Waals surface area contributed by atoms with Gasteiger partial charge in [-0.1, -0.05) is 12.1 Å². The summed E-state index contributed by atoms with van der Waals surface area (Å²) in [5.41, 5.74) is 1.91. The van der Waals surface area contributed by atoms with Gasteiger partial charge in [-0.2, -0.15) is 0 Å². The van der Waals surface area contributed by atoms with E-state index in [1.807, 2.05) is 41.3 Å². The minimum atomic E-state index is -0.597. The molecule has 0 aliphatic carbocycles. The molecule has 0 spiro atoms. The summed E-state index contributed by atoms with van der Waals surface area (Å²) in [7, 11) is 1.36. The molecule has 2 aliphatic rings. The smallest absolute Gasteiger partial charge is 0.325 e. The maximum absolute atomic E-state index is 12.4. The number of rotatable bonds is 11. The highest BCUT2D eigenvalue weighted by Gasteiger charge is 2.36. The molecule has 0 bridgehead atoms. The van der Waals surface area contributed by atoms with E-state index in [4.69, 9.17) is 14.2 Å². The third-order valence-corrected chi connectivity index (χ3v) is 7.26.